The molecule has 96 valence electrons. The summed E-state index contributed by atoms with van der Waals surface area (Å²) in [7, 11) is 0. The molecule has 1 saturated carbocycles. The second kappa shape index (κ2) is 6.02. The largest absolute Gasteiger partial charge is 0.353 e. The molecule has 1 aromatic carbocycles. The summed E-state index contributed by atoms with van der Waals surface area (Å²) in [4.78, 5) is 11.4. The molecular formula is C12H14ClN3OS. The van der Waals surface area contributed by atoms with Crippen LogP contribution < -0.4 is 16.0 Å². The van der Waals surface area contributed by atoms with Gasteiger partial charge in [0.15, 0.2) is 5.11 Å². The molecule has 0 atom stereocenters. The van der Waals surface area contributed by atoms with Crippen LogP contribution in [0.3, 0.4) is 0 Å². The number of hydrogen-bond donors (Lipinski definition) is 3. The average Bonchev–Trinajstić information content (AvgIpc) is 3.13. The van der Waals surface area contributed by atoms with Crippen molar-refractivity contribution < 1.29 is 4.79 Å². The molecule has 18 heavy (non-hydrogen) atoms. The van der Waals surface area contributed by atoms with Gasteiger partial charge in [-0.1, -0.05) is 11.6 Å². The van der Waals surface area contributed by atoms with Crippen molar-refractivity contribution in [3.63, 3.8) is 0 Å². The van der Waals surface area contributed by atoms with Crippen molar-refractivity contribution >= 4 is 40.5 Å². The van der Waals surface area contributed by atoms with Crippen LogP contribution in [0, 0.1) is 0 Å². The quantitative estimate of drug-likeness (QED) is 0.739. The van der Waals surface area contributed by atoms with Crippen LogP contribution in [0.1, 0.15) is 12.8 Å². The van der Waals surface area contributed by atoms with Crippen molar-refractivity contribution in [1.29, 1.82) is 0 Å². The zero-order valence-electron chi connectivity index (χ0n) is 9.70. The van der Waals surface area contributed by atoms with E-state index in [1.54, 1.807) is 12.1 Å². The van der Waals surface area contributed by atoms with Gasteiger partial charge in [0.05, 0.1) is 6.54 Å². The third-order valence-corrected chi connectivity index (χ3v) is 2.95. The first-order valence-electron chi connectivity index (χ1n) is 5.73. The number of amides is 1. The van der Waals surface area contributed by atoms with Gasteiger partial charge >= 0.3 is 0 Å². The summed E-state index contributed by atoms with van der Waals surface area (Å²) in [6, 6.07) is 7.55. The van der Waals surface area contributed by atoms with E-state index in [1.807, 2.05) is 12.1 Å². The minimum atomic E-state index is -0.0299. The first-order chi connectivity index (χ1) is 8.63. The number of thiocarbonyl (C=S) groups is 1. The molecule has 1 aliphatic rings. The Morgan fingerprint density at radius 3 is 2.61 bits per heavy atom. The molecule has 0 aliphatic heterocycles. The number of nitrogens with one attached hydrogen (secondary N) is 3. The van der Waals surface area contributed by atoms with Crippen LogP contribution in [0.2, 0.25) is 5.02 Å². The molecule has 0 unspecified atom stereocenters. The van der Waals surface area contributed by atoms with Gasteiger partial charge < -0.3 is 16.0 Å². The van der Waals surface area contributed by atoms with Crippen molar-refractivity contribution in [3.05, 3.63) is 29.3 Å². The number of anilines is 1. The van der Waals surface area contributed by atoms with Crippen molar-refractivity contribution in [3.8, 4) is 0 Å². The molecule has 4 nitrogen and oxygen atoms in total. The van der Waals surface area contributed by atoms with E-state index in [-0.39, 0.29) is 12.5 Å². The van der Waals surface area contributed by atoms with Crippen molar-refractivity contribution in [2.24, 2.45) is 0 Å². The van der Waals surface area contributed by atoms with Gasteiger partial charge in [-0.3, -0.25) is 4.79 Å². The second-order valence-electron chi connectivity index (χ2n) is 4.16. The fourth-order valence-electron chi connectivity index (χ4n) is 1.38. The predicted octanol–water partition coefficient (Wildman–Crippen LogP) is 1.91. The Hall–Kier alpha value is -1.33. The summed E-state index contributed by atoms with van der Waals surface area (Å²) in [5, 5.41) is 9.79. The van der Waals surface area contributed by atoms with Crippen molar-refractivity contribution in [2.75, 3.05) is 11.9 Å². The molecule has 1 amide bonds. The van der Waals surface area contributed by atoms with Gasteiger partial charge in [0.1, 0.15) is 0 Å². The lowest BCUT2D eigenvalue weighted by Crippen LogP contribution is -2.39. The molecule has 3 N–H and O–H groups in total. The van der Waals surface area contributed by atoms with E-state index in [4.69, 9.17) is 23.8 Å². The highest BCUT2D eigenvalue weighted by Crippen LogP contribution is 2.18. The minimum absolute atomic E-state index is 0.0299. The molecule has 0 radical (unpaired) electrons. The fraction of sp³-hybridized carbons (Fsp3) is 0.333. The highest BCUT2D eigenvalue weighted by atomic mass is 35.5. The zero-order valence-corrected chi connectivity index (χ0v) is 11.3. The lowest BCUT2D eigenvalue weighted by molar-refractivity contribution is -0.120. The Labute approximate surface area is 116 Å². The van der Waals surface area contributed by atoms with Gasteiger partial charge in [0.2, 0.25) is 5.91 Å². The SMILES string of the molecule is O=C(CNC(=S)Nc1ccc(Cl)cc1)NC1CC1. The van der Waals surface area contributed by atoms with E-state index in [1.165, 1.54) is 0 Å². The van der Waals surface area contributed by atoms with E-state index in [0.29, 0.717) is 16.2 Å². The molecule has 0 bridgehead atoms. The molecule has 0 heterocycles. The summed E-state index contributed by atoms with van der Waals surface area (Å²) >= 11 is 10.9. The van der Waals surface area contributed by atoms with E-state index in [0.717, 1.165) is 18.5 Å². The highest BCUT2D eigenvalue weighted by molar-refractivity contribution is 7.80. The van der Waals surface area contributed by atoms with Crippen LogP contribution >= 0.6 is 23.8 Å². The maximum Gasteiger partial charge on any atom is 0.239 e. The highest BCUT2D eigenvalue weighted by Gasteiger charge is 2.22. The lowest BCUT2D eigenvalue weighted by Gasteiger charge is -2.10. The molecule has 0 aromatic heterocycles. The maximum atomic E-state index is 11.4. The monoisotopic (exact) mass is 283 g/mol. The summed E-state index contributed by atoms with van der Waals surface area (Å²) in [6.45, 7) is 0.190. The third-order valence-electron chi connectivity index (χ3n) is 2.45. The lowest BCUT2D eigenvalue weighted by atomic mass is 10.3. The minimum Gasteiger partial charge on any atom is -0.353 e. The first kappa shape index (κ1) is 13.1. The van der Waals surface area contributed by atoms with Crippen molar-refractivity contribution in [1.82, 2.24) is 10.6 Å². The standard InChI is InChI=1S/C12H14ClN3OS/c13-8-1-3-10(4-2-8)16-12(18)14-7-11(17)15-9-5-6-9/h1-4,9H,5-7H2,(H,15,17)(H2,14,16,18). The van der Waals surface area contributed by atoms with Gasteiger partial charge in [0, 0.05) is 16.8 Å². The Balaban J connectivity index is 1.70. The summed E-state index contributed by atoms with van der Waals surface area (Å²) in [5.74, 6) is -0.0299. The van der Waals surface area contributed by atoms with Crippen LogP contribution in [-0.4, -0.2) is 23.6 Å². The van der Waals surface area contributed by atoms with E-state index >= 15 is 0 Å². The Morgan fingerprint density at radius 1 is 1.33 bits per heavy atom. The molecule has 0 saturated heterocycles. The number of hydrogen-bond acceptors (Lipinski definition) is 2. The molecule has 1 aromatic rings. The maximum absolute atomic E-state index is 11.4. The number of halogens is 1. The molecule has 1 aliphatic carbocycles. The topological polar surface area (TPSA) is 53.2 Å². The third kappa shape index (κ3) is 4.50. The Bertz CT molecular complexity index is 445. The molecular weight excluding hydrogens is 270 g/mol. The van der Waals surface area contributed by atoms with Gasteiger partial charge in [-0.05, 0) is 49.3 Å². The van der Waals surface area contributed by atoms with Crippen LogP contribution in [-0.2, 0) is 4.79 Å². The van der Waals surface area contributed by atoms with Gasteiger partial charge in [-0.15, -0.1) is 0 Å². The van der Waals surface area contributed by atoms with E-state index in [9.17, 15) is 4.79 Å². The molecule has 1 fully saturated rings. The van der Waals surface area contributed by atoms with E-state index in [2.05, 4.69) is 16.0 Å². The second-order valence-corrected chi connectivity index (χ2v) is 5.00. The summed E-state index contributed by atoms with van der Waals surface area (Å²) in [5.41, 5.74) is 0.833. The van der Waals surface area contributed by atoms with E-state index < -0.39 is 0 Å². The normalized spacial score (nSPS) is 13.8. The van der Waals surface area contributed by atoms with Crippen LogP contribution in [0.15, 0.2) is 24.3 Å². The number of carbonyl (C=O) groups is 1. The number of benzene rings is 1. The van der Waals surface area contributed by atoms with Crippen molar-refractivity contribution in [2.45, 2.75) is 18.9 Å². The average molecular weight is 284 g/mol. The fourth-order valence-corrected chi connectivity index (χ4v) is 1.69. The van der Waals surface area contributed by atoms with Gasteiger partial charge in [-0.2, -0.15) is 0 Å². The molecule has 6 heteroatoms. The number of rotatable bonds is 4. The van der Waals surface area contributed by atoms with Gasteiger partial charge in [0.25, 0.3) is 0 Å². The summed E-state index contributed by atoms with van der Waals surface area (Å²) in [6.07, 6.45) is 2.17. The first-order valence-corrected chi connectivity index (χ1v) is 6.52. The van der Waals surface area contributed by atoms with Crippen LogP contribution in [0.5, 0.6) is 0 Å². The smallest absolute Gasteiger partial charge is 0.239 e. The Morgan fingerprint density at radius 2 is 2.00 bits per heavy atom. The zero-order chi connectivity index (χ0) is 13.0. The van der Waals surface area contributed by atoms with Gasteiger partial charge in [-0.25, -0.2) is 0 Å². The molecule has 2 rings (SSSR count). The Kier molecular flexibility index (Phi) is 4.38. The number of carbonyl (C=O) groups excluding carboxylic acids is 1. The summed E-state index contributed by atoms with van der Waals surface area (Å²) < 4.78 is 0. The predicted molar refractivity (Wildman–Crippen MR) is 76.8 cm³/mol. The van der Waals surface area contributed by atoms with Crippen LogP contribution in [0.25, 0.3) is 0 Å². The van der Waals surface area contributed by atoms with Crippen LogP contribution in [0.4, 0.5) is 5.69 Å². The molecule has 0 spiro atoms.